The van der Waals surface area contributed by atoms with Gasteiger partial charge in [0, 0.05) is 32.2 Å². The first-order valence-corrected chi connectivity index (χ1v) is 13.0. The second-order valence-electron chi connectivity index (χ2n) is 9.96. The highest BCUT2D eigenvalue weighted by Gasteiger charge is 2.38. The predicted octanol–water partition coefficient (Wildman–Crippen LogP) is 4.75. The van der Waals surface area contributed by atoms with Crippen LogP contribution in [-0.2, 0) is 7.05 Å². The minimum Gasteiger partial charge on any atom is -0.349 e. The molecule has 0 bridgehead atoms. The van der Waals surface area contributed by atoms with E-state index in [1.54, 1.807) is 43.4 Å². The monoisotopic (exact) mass is 547 g/mol. The van der Waals surface area contributed by atoms with Crippen molar-refractivity contribution in [2.75, 3.05) is 18.0 Å². The van der Waals surface area contributed by atoms with Crippen molar-refractivity contribution < 1.29 is 13.2 Å². The molecule has 40 heavy (non-hydrogen) atoms. The van der Waals surface area contributed by atoms with Crippen LogP contribution in [0, 0.1) is 17.1 Å². The molecular weight excluding hydrogens is 519 g/mol. The summed E-state index contributed by atoms with van der Waals surface area (Å²) in [5, 5.41) is 9.44. The first-order chi connectivity index (χ1) is 19.2. The third kappa shape index (κ3) is 5.02. The molecule has 4 aromatic rings. The molecule has 1 fully saturated rings. The van der Waals surface area contributed by atoms with Gasteiger partial charge in [-0.1, -0.05) is 25.1 Å². The van der Waals surface area contributed by atoms with Crippen LogP contribution in [0.5, 0.6) is 0 Å². The maximum Gasteiger partial charge on any atom is 0.349 e. The molecule has 0 radical (unpaired) electrons. The van der Waals surface area contributed by atoms with Crippen LogP contribution in [0.2, 0.25) is 0 Å². The number of benzene rings is 1. The fraction of sp³-hybridized carbons (Fsp3) is 0.345. The quantitative estimate of drug-likeness (QED) is 0.344. The lowest BCUT2D eigenvalue weighted by atomic mass is 9.95. The summed E-state index contributed by atoms with van der Waals surface area (Å²) >= 11 is 0. The van der Waals surface area contributed by atoms with Gasteiger partial charge in [0.05, 0.1) is 17.3 Å². The molecule has 1 aromatic carbocycles. The molecule has 0 amide bonds. The van der Waals surface area contributed by atoms with Gasteiger partial charge in [0.2, 0.25) is 0 Å². The highest BCUT2D eigenvalue weighted by molar-refractivity contribution is 5.86. The lowest BCUT2D eigenvalue weighted by Crippen LogP contribution is -2.59. The summed E-state index contributed by atoms with van der Waals surface area (Å²) in [5.74, 6) is 0.00632. The van der Waals surface area contributed by atoms with E-state index in [4.69, 9.17) is 0 Å². The Morgan fingerprint density at radius 3 is 2.42 bits per heavy atom. The Morgan fingerprint density at radius 1 is 1.02 bits per heavy atom. The molecule has 3 atom stereocenters. The minimum atomic E-state index is -2.72. The summed E-state index contributed by atoms with van der Waals surface area (Å²) in [6.45, 7) is 4.94. The average Bonchev–Trinajstić information content (AvgIpc) is 2.96. The molecule has 1 aliphatic heterocycles. The fourth-order valence-electron chi connectivity index (χ4n) is 5.43. The van der Waals surface area contributed by atoms with Crippen molar-refractivity contribution in [2.45, 2.75) is 44.8 Å². The second kappa shape index (κ2) is 11.1. The first-order valence-electron chi connectivity index (χ1n) is 13.0. The van der Waals surface area contributed by atoms with E-state index in [0.29, 0.717) is 42.1 Å². The molecule has 3 aromatic heterocycles. The zero-order chi connectivity index (χ0) is 28.6. The van der Waals surface area contributed by atoms with E-state index in [1.165, 1.54) is 22.8 Å². The number of anilines is 1. The number of piperazine rings is 1. The molecule has 8 nitrogen and oxygen atoms in total. The Balaban J connectivity index is 1.59. The highest BCUT2D eigenvalue weighted by atomic mass is 19.3. The largest absolute Gasteiger partial charge is 0.349 e. The number of halogens is 3. The lowest BCUT2D eigenvalue weighted by Gasteiger charge is -2.48. The predicted molar refractivity (Wildman–Crippen MR) is 145 cm³/mol. The van der Waals surface area contributed by atoms with Crippen molar-refractivity contribution in [3.8, 4) is 6.07 Å². The van der Waals surface area contributed by atoms with E-state index in [-0.39, 0.29) is 23.5 Å². The van der Waals surface area contributed by atoms with Gasteiger partial charge in [0.25, 0.3) is 6.43 Å². The summed E-state index contributed by atoms with van der Waals surface area (Å²) in [7, 11) is 1.61. The van der Waals surface area contributed by atoms with Gasteiger partial charge < -0.3 is 4.90 Å². The molecule has 11 heteroatoms. The second-order valence-corrected chi connectivity index (χ2v) is 9.96. The number of hydrogen-bond donors (Lipinski definition) is 0. The fourth-order valence-corrected chi connectivity index (χ4v) is 5.43. The number of hydrogen-bond acceptors (Lipinski definition) is 7. The Bertz CT molecular complexity index is 1630. The van der Waals surface area contributed by atoms with Crippen molar-refractivity contribution in [1.29, 1.82) is 5.26 Å². The first kappa shape index (κ1) is 27.3. The third-order valence-electron chi connectivity index (χ3n) is 7.49. The van der Waals surface area contributed by atoms with Crippen molar-refractivity contribution in [1.82, 2.24) is 24.4 Å². The minimum absolute atomic E-state index is 0.108. The molecule has 206 valence electrons. The number of rotatable bonds is 6. The summed E-state index contributed by atoms with van der Waals surface area (Å²) in [4.78, 5) is 30.1. The number of aromatic nitrogens is 4. The Labute approximate surface area is 229 Å². The maximum absolute atomic E-state index is 13.9. The number of nitrogens with zero attached hydrogens (tertiary/aromatic N) is 7. The molecule has 0 spiro atoms. The van der Waals surface area contributed by atoms with Crippen LogP contribution < -0.4 is 10.6 Å². The van der Waals surface area contributed by atoms with Gasteiger partial charge in [0.15, 0.2) is 5.82 Å². The molecule has 1 unspecified atom stereocenters. The lowest BCUT2D eigenvalue weighted by molar-refractivity contribution is 0.112. The molecule has 0 aliphatic carbocycles. The summed E-state index contributed by atoms with van der Waals surface area (Å²) in [6, 6.07) is 15.1. The number of pyridine rings is 2. The van der Waals surface area contributed by atoms with Gasteiger partial charge in [0.1, 0.15) is 28.8 Å². The van der Waals surface area contributed by atoms with Crippen LogP contribution in [0.25, 0.3) is 11.0 Å². The number of alkyl halides is 2. The van der Waals surface area contributed by atoms with Crippen LogP contribution in [0.1, 0.15) is 55.4 Å². The number of fused-ring (bicyclic) bond motifs is 1. The standard InChI is InChI=1S/C29H28F3N7O/c1-4-21-16-38(28-25-24(37(3)29(40)36-28)13-12-20(14-33)34-25)17(2)15-39(21)26(18-8-10-19(30)11-9-18)22-6-5-7-23(35-22)27(31)32/h5-13,17,21,26-27H,4,15-16H2,1-3H3/t17-,21+,26?/m0/s1. The van der Waals surface area contributed by atoms with Gasteiger partial charge in [-0.15, -0.1) is 0 Å². The topological polar surface area (TPSA) is 90.9 Å². The smallest absolute Gasteiger partial charge is 0.349 e. The normalized spacial score (nSPS) is 18.7. The number of nitriles is 1. The zero-order valence-electron chi connectivity index (χ0n) is 22.3. The van der Waals surface area contributed by atoms with Crippen LogP contribution in [0.3, 0.4) is 0 Å². The molecule has 0 saturated carbocycles. The molecule has 1 saturated heterocycles. The Kier molecular flexibility index (Phi) is 7.54. The van der Waals surface area contributed by atoms with Crippen LogP contribution >= 0.6 is 0 Å². The van der Waals surface area contributed by atoms with Gasteiger partial charge in [-0.2, -0.15) is 10.2 Å². The molecule has 0 N–H and O–H groups in total. The van der Waals surface area contributed by atoms with E-state index in [0.717, 1.165) is 5.56 Å². The Hall–Kier alpha value is -4.30. The van der Waals surface area contributed by atoms with E-state index in [2.05, 4.69) is 19.9 Å². The van der Waals surface area contributed by atoms with Crippen LogP contribution in [-0.4, -0.2) is 49.6 Å². The van der Waals surface area contributed by atoms with E-state index < -0.39 is 24.0 Å². The van der Waals surface area contributed by atoms with E-state index in [9.17, 15) is 23.2 Å². The maximum atomic E-state index is 13.9. The molecule has 4 heterocycles. The van der Waals surface area contributed by atoms with Crippen molar-refractivity contribution in [3.05, 3.63) is 93.5 Å². The average molecular weight is 548 g/mol. The van der Waals surface area contributed by atoms with Gasteiger partial charge in [-0.05, 0) is 55.3 Å². The van der Waals surface area contributed by atoms with Crippen molar-refractivity contribution in [2.24, 2.45) is 7.05 Å². The van der Waals surface area contributed by atoms with Crippen molar-refractivity contribution >= 4 is 16.9 Å². The Morgan fingerprint density at radius 2 is 1.75 bits per heavy atom. The number of aryl methyl sites for hydroxylation is 1. The SMILES string of the molecule is CC[C@@H]1CN(c2nc(=O)n(C)c3ccc(C#N)nc23)[C@@H](C)CN1C(c1ccc(F)cc1)c1cccc(C(F)F)n1. The summed E-state index contributed by atoms with van der Waals surface area (Å²) < 4.78 is 42.5. The van der Waals surface area contributed by atoms with Gasteiger partial charge >= 0.3 is 5.69 Å². The summed E-state index contributed by atoms with van der Waals surface area (Å²) in [5.41, 5.74) is 1.66. The summed E-state index contributed by atoms with van der Waals surface area (Å²) in [6.07, 6.45) is -2.04. The molecule has 1 aliphatic rings. The van der Waals surface area contributed by atoms with E-state index >= 15 is 0 Å². The van der Waals surface area contributed by atoms with Gasteiger partial charge in [-0.25, -0.2) is 27.9 Å². The van der Waals surface area contributed by atoms with Crippen LogP contribution in [0.15, 0.2) is 59.4 Å². The zero-order valence-corrected chi connectivity index (χ0v) is 22.3. The van der Waals surface area contributed by atoms with E-state index in [1.807, 2.05) is 24.8 Å². The third-order valence-corrected chi connectivity index (χ3v) is 7.49. The van der Waals surface area contributed by atoms with Gasteiger partial charge in [-0.3, -0.25) is 9.47 Å². The molecular formula is C29H28F3N7O. The van der Waals surface area contributed by atoms with Crippen molar-refractivity contribution in [3.63, 3.8) is 0 Å². The molecule has 5 rings (SSSR count). The van der Waals surface area contributed by atoms with Crippen LogP contribution in [0.4, 0.5) is 19.0 Å². The highest BCUT2D eigenvalue weighted by Crippen LogP contribution is 2.36.